The number of hydrogen-bond acceptors (Lipinski definition) is 3. The van der Waals surface area contributed by atoms with Crippen molar-refractivity contribution in [2.75, 3.05) is 14.1 Å². The van der Waals surface area contributed by atoms with E-state index in [1.807, 2.05) is 0 Å². The van der Waals surface area contributed by atoms with Gasteiger partial charge in [-0.1, -0.05) is 11.6 Å². The molecular formula is C11H9ClF5NO4S. The van der Waals surface area contributed by atoms with Crippen molar-refractivity contribution >= 4 is 27.6 Å². The highest BCUT2D eigenvalue weighted by Gasteiger charge is 2.60. The van der Waals surface area contributed by atoms with Crippen molar-refractivity contribution in [3.05, 3.63) is 28.3 Å². The lowest BCUT2D eigenvalue weighted by atomic mass is 10.0. The Bertz CT molecular complexity index is 746. The van der Waals surface area contributed by atoms with Gasteiger partial charge in [0.1, 0.15) is 4.90 Å². The van der Waals surface area contributed by atoms with Crippen LogP contribution in [0.15, 0.2) is 17.0 Å². The van der Waals surface area contributed by atoms with Gasteiger partial charge in [-0.15, -0.1) is 0 Å². The van der Waals surface area contributed by atoms with Crippen LogP contribution in [0, 0.1) is 0 Å². The van der Waals surface area contributed by atoms with Crippen LogP contribution in [0.5, 0.6) is 0 Å². The molecule has 0 amide bonds. The number of carboxylic acids is 1. The molecule has 0 bridgehead atoms. The summed E-state index contributed by atoms with van der Waals surface area (Å²) in [5.41, 5.74) is -3.46. The average molecular weight is 382 g/mol. The minimum atomic E-state index is -6.08. The van der Waals surface area contributed by atoms with Crippen molar-refractivity contribution in [3.63, 3.8) is 0 Å². The topological polar surface area (TPSA) is 74.7 Å². The fourth-order valence-electron chi connectivity index (χ4n) is 1.54. The fourth-order valence-corrected chi connectivity index (χ4v) is 2.96. The molecule has 23 heavy (non-hydrogen) atoms. The quantitative estimate of drug-likeness (QED) is 0.814. The van der Waals surface area contributed by atoms with E-state index >= 15 is 0 Å². The zero-order valence-electron chi connectivity index (χ0n) is 11.4. The second-order valence-electron chi connectivity index (χ2n) is 4.49. The summed E-state index contributed by atoms with van der Waals surface area (Å²) < 4.78 is 88.7. The van der Waals surface area contributed by atoms with E-state index in [9.17, 15) is 35.2 Å². The van der Waals surface area contributed by atoms with Gasteiger partial charge in [0.2, 0.25) is 10.0 Å². The molecule has 0 radical (unpaired) electrons. The van der Waals surface area contributed by atoms with Crippen LogP contribution in [0.2, 0.25) is 5.02 Å². The standard InChI is InChI=1S/C11H9ClF5NO4S/c1-18(2)23(21,22)8-3-5(9(19)20)6(4-7(8)12)10(13,14)11(15,16)17/h3-4H,1-2H3,(H,19,20). The monoisotopic (exact) mass is 381 g/mol. The first kappa shape index (κ1) is 19.6. The van der Waals surface area contributed by atoms with Gasteiger partial charge in [0.25, 0.3) is 0 Å². The van der Waals surface area contributed by atoms with Gasteiger partial charge in [-0.05, 0) is 12.1 Å². The van der Waals surface area contributed by atoms with Crippen LogP contribution in [0.3, 0.4) is 0 Å². The third-order valence-electron chi connectivity index (χ3n) is 2.76. The minimum absolute atomic E-state index is 0.00508. The number of carboxylic acid groups (broad SMARTS) is 1. The maximum Gasteiger partial charge on any atom is 0.458 e. The number of rotatable bonds is 4. The normalized spacial score (nSPS) is 13.4. The second-order valence-corrected chi connectivity index (χ2v) is 7.02. The Balaban J connectivity index is 3.81. The Kier molecular flexibility index (Phi) is 5.00. The van der Waals surface area contributed by atoms with Gasteiger partial charge in [-0.2, -0.15) is 22.0 Å². The lowest BCUT2D eigenvalue weighted by molar-refractivity contribution is -0.289. The van der Waals surface area contributed by atoms with Gasteiger partial charge >= 0.3 is 18.1 Å². The molecule has 0 saturated carbocycles. The lowest BCUT2D eigenvalue weighted by Crippen LogP contribution is -2.35. The fraction of sp³-hybridized carbons (Fsp3) is 0.364. The van der Waals surface area contributed by atoms with Crippen LogP contribution in [0.1, 0.15) is 15.9 Å². The SMILES string of the molecule is CN(C)S(=O)(=O)c1cc(C(=O)O)c(C(F)(F)C(F)(F)F)cc1Cl. The molecule has 0 aliphatic rings. The summed E-state index contributed by atoms with van der Waals surface area (Å²) in [6.45, 7) is 0. The molecule has 1 aromatic carbocycles. The van der Waals surface area contributed by atoms with Crippen molar-refractivity contribution in [2.45, 2.75) is 17.0 Å². The smallest absolute Gasteiger partial charge is 0.458 e. The van der Waals surface area contributed by atoms with Crippen LogP contribution in [0.25, 0.3) is 0 Å². The van der Waals surface area contributed by atoms with E-state index in [1.165, 1.54) is 0 Å². The van der Waals surface area contributed by atoms with Gasteiger partial charge in [0.15, 0.2) is 0 Å². The molecule has 1 aromatic rings. The Labute approximate surface area is 132 Å². The van der Waals surface area contributed by atoms with Gasteiger partial charge < -0.3 is 5.11 Å². The molecule has 130 valence electrons. The van der Waals surface area contributed by atoms with Crippen LogP contribution in [-0.4, -0.2) is 44.1 Å². The molecule has 0 unspecified atom stereocenters. The van der Waals surface area contributed by atoms with E-state index in [0.29, 0.717) is 4.31 Å². The Morgan fingerprint density at radius 1 is 1.17 bits per heavy atom. The first-order valence-electron chi connectivity index (χ1n) is 5.58. The van der Waals surface area contributed by atoms with Crippen molar-refractivity contribution in [1.29, 1.82) is 0 Å². The maximum absolute atomic E-state index is 13.4. The van der Waals surface area contributed by atoms with Crippen LogP contribution in [-0.2, 0) is 15.9 Å². The molecule has 12 heteroatoms. The average Bonchev–Trinajstić information content (AvgIpc) is 2.35. The summed E-state index contributed by atoms with van der Waals surface area (Å²) in [7, 11) is -2.26. The highest BCUT2D eigenvalue weighted by atomic mass is 35.5. The first-order valence-corrected chi connectivity index (χ1v) is 7.40. The van der Waals surface area contributed by atoms with E-state index in [2.05, 4.69) is 0 Å². The van der Waals surface area contributed by atoms with Crippen molar-refractivity contribution in [1.82, 2.24) is 4.31 Å². The third kappa shape index (κ3) is 3.40. The number of halogens is 6. The van der Waals surface area contributed by atoms with E-state index in [0.717, 1.165) is 14.1 Å². The molecule has 1 N–H and O–H groups in total. The summed E-state index contributed by atoms with van der Waals surface area (Å²) in [6, 6.07) is 0.171. The van der Waals surface area contributed by atoms with Crippen LogP contribution >= 0.6 is 11.6 Å². The number of sulfonamides is 1. The minimum Gasteiger partial charge on any atom is -0.478 e. The number of alkyl halides is 5. The van der Waals surface area contributed by atoms with Crippen molar-refractivity contribution < 1.29 is 40.3 Å². The first-order chi connectivity index (χ1) is 10.1. The van der Waals surface area contributed by atoms with Gasteiger partial charge in [0, 0.05) is 19.7 Å². The molecule has 1 rings (SSSR count). The summed E-state index contributed by atoms with van der Waals surface area (Å²) in [5, 5.41) is 7.91. The van der Waals surface area contributed by atoms with E-state index < -0.39 is 49.1 Å². The predicted octanol–water partition coefficient (Wildman–Crippen LogP) is 2.94. The van der Waals surface area contributed by atoms with Gasteiger partial charge in [-0.25, -0.2) is 17.5 Å². The summed E-state index contributed by atoms with van der Waals surface area (Å²) in [4.78, 5) is 10.1. The molecule has 0 spiro atoms. The maximum atomic E-state index is 13.4. The van der Waals surface area contributed by atoms with Crippen molar-refractivity contribution in [2.24, 2.45) is 0 Å². The number of benzene rings is 1. The lowest BCUT2D eigenvalue weighted by Gasteiger charge is -2.23. The predicted molar refractivity (Wildman–Crippen MR) is 69.2 cm³/mol. The summed E-state index contributed by atoms with van der Waals surface area (Å²) >= 11 is 5.49. The van der Waals surface area contributed by atoms with Crippen LogP contribution < -0.4 is 0 Å². The number of aromatic carboxylic acids is 1. The highest BCUT2D eigenvalue weighted by molar-refractivity contribution is 7.89. The molecule has 0 aliphatic carbocycles. The molecule has 0 saturated heterocycles. The van der Waals surface area contributed by atoms with E-state index in [-0.39, 0.29) is 12.1 Å². The molecule has 0 heterocycles. The summed E-state index contributed by atoms with van der Waals surface area (Å²) in [6.07, 6.45) is -6.08. The Hall–Kier alpha value is -1.46. The number of hydrogen-bond donors (Lipinski definition) is 1. The Morgan fingerprint density at radius 2 is 1.65 bits per heavy atom. The van der Waals surface area contributed by atoms with E-state index in [4.69, 9.17) is 16.7 Å². The van der Waals surface area contributed by atoms with E-state index in [1.54, 1.807) is 0 Å². The molecule has 0 aromatic heterocycles. The highest BCUT2D eigenvalue weighted by Crippen LogP contribution is 2.46. The zero-order valence-corrected chi connectivity index (χ0v) is 13.0. The van der Waals surface area contributed by atoms with Gasteiger partial charge in [-0.3, -0.25) is 0 Å². The molecule has 0 aliphatic heterocycles. The Morgan fingerprint density at radius 3 is 2.00 bits per heavy atom. The second kappa shape index (κ2) is 5.87. The van der Waals surface area contributed by atoms with Crippen LogP contribution in [0.4, 0.5) is 22.0 Å². The summed E-state index contributed by atoms with van der Waals surface area (Å²) in [5.74, 6) is -7.68. The zero-order chi connectivity index (χ0) is 18.4. The molecule has 0 atom stereocenters. The largest absolute Gasteiger partial charge is 0.478 e. The number of nitrogens with zero attached hydrogens (tertiary/aromatic N) is 1. The number of carbonyl (C=O) groups is 1. The molecular weight excluding hydrogens is 373 g/mol. The molecule has 0 fully saturated rings. The van der Waals surface area contributed by atoms with Crippen molar-refractivity contribution in [3.8, 4) is 0 Å². The third-order valence-corrected chi connectivity index (χ3v) is 5.04. The van der Waals surface area contributed by atoms with Gasteiger partial charge in [0.05, 0.1) is 10.6 Å². The molecule has 5 nitrogen and oxygen atoms in total.